The highest BCUT2D eigenvalue weighted by atomic mass is 16.2. The molecule has 1 aromatic carbocycles. The van der Waals surface area contributed by atoms with Crippen LogP contribution >= 0.6 is 0 Å². The zero-order valence-corrected chi connectivity index (χ0v) is 9.65. The third-order valence-corrected chi connectivity index (χ3v) is 3.25. The van der Waals surface area contributed by atoms with Gasteiger partial charge in [-0.25, -0.2) is 0 Å². The molecule has 0 spiro atoms. The van der Waals surface area contributed by atoms with Gasteiger partial charge >= 0.3 is 0 Å². The van der Waals surface area contributed by atoms with Crippen LogP contribution in [-0.2, 0) is 4.79 Å². The van der Waals surface area contributed by atoms with Crippen molar-refractivity contribution in [1.82, 2.24) is 4.90 Å². The highest BCUT2D eigenvalue weighted by Crippen LogP contribution is 2.25. The number of anilines is 1. The van der Waals surface area contributed by atoms with Gasteiger partial charge in [-0.15, -0.1) is 0 Å². The molecule has 1 heterocycles. The maximum absolute atomic E-state index is 12.2. The molecule has 2 rings (SSSR count). The van der Waals surface area contributed by atoms with Crippen LogP contribution in [-0.4, -0.2) is 23.9 Å². The van der Waals surface area contributed by atoms with E-state index in [4.69, 9.17) is 5.73 Å². The number of likely N-dealkylation sites (tertiary alicyclic amines) is 1. The largest absolute Gasteiger partial charge is 0.398 e. The molecule has 1 aliphatic heterocycles. The fourth-order valence-electron chi connectivity index (χ4n) is 2.25. The molecule has 0 radical (unpaired) electrons. The number of hydrogen-bond donors (Lipinski definition) is 1. The first-order valence-corrected chi connectivity index (χ1v) is 5.83. The number of rotatable bonds is 2. The van der Waals surface area contributed by atoms with Gasteiger partial charge in [0.25, 0.3) is 0 Å². The molecule has 0 aromatic heterocycles. The van der Waals surface area contributed by atoms with Gasteiger partial charge in [0.1, 0.15) is 0 Å². The van der Waals surface area contributed by atoms with Crippen LogP contribution in [0.5, 0.6) is 0 Å². The maximum atomic E-state index is 12.2. The second-order valence-corrected chi connectivity index (χ2v) is 4.38. The summed E-state index contributed by atoms with van der Waals surface area (Å²) in [4.78, 5) is 14.1. The molecule has 3 heteroatoms. The van der Waals surface area contributed by atoms with Crippen LogP contribution in [0.15, 0.2) is 24.3 Å². The topological polar surface area (TPSA) is 46.3 Å². The summed E-state index contributed by atoms with van der Waals surface area (Å²) in [5, 5.41) is 0. The van der Waals surface area contributed by atoms with Gasteiger partial charge in [-0.3, -0.25) is 4.79 Å². The minimum Gasteiger partial charge on any atom is -0.398 e. The van der Waals surface area contributed by atoms with Crippen molar-refractivity contribution in [2.75, 3.05) is 18.8 Å². The highest BCUT2D eigenvalue weighted by Gasteiger charge is 2.25. The van der Waals surface area contributed by atoms with E-state index in [1.807, 2.05) is 36.1 Å². The third kappa shape index (κ3) is 2.03. The predicted octanol–water partition coefficient (Wildman–Crippen LogP) is 1.99. The number of hydrogen-bond acceptors (Lipinski definition) is 2. The van der Waals surface area contributed by atoms with Gasteiger partial charge in [-0.1, -0.05) is 18.2 Å². The van der Waals surface area contributed by atoms with E-state index in [-0.39, 0.29) is 11.8 Å². The van der Waals surface area contributed by atoms with Crippen LogP contribution in [0.2, 0.25) is 0 Å². The second kappa shape index (κ2) is 4.56. The molecular weight excluding hydrogens is 200 g/mol. The normalized spacial score (nSPS) is 17.4. The van der Waals surface area contributed by atoms with Gasteiger partial charge in [-0.2, -0.15) is 0 Å². The van der Waals surface area contributed by atoms with Gasteiger partial charge in [0, 0.05) is 18.8 Å². The third-order valence-electron chi connectivity index (χ3n) is 3.25. The number of nitrogens with zero attached hydrogens (tertiary/aromatic N) is 1. The lowest BCUT2D eigenvalue weighted by Crippen LogP contribution is -2.31. The molecule has 0 bridgehead atoms. The molecule has 1 saturated heterocycles. The fraction of sp³-hybridized carbons (Fsp3) is 0.462. The molecule has 1 fully saturated rings. The predicted molar refractivity (Wildman–Crippen MR) is 65.1 cm³/mol. The first kappa shape index (κ1) is 11.0. The number of nitrogen functional groups attached to an aromatic ring is 1. The van der Waals surface area contributed by atoms with Gasteiger partial charge in [0.15, 0.2) is 0 Å². The Balaban J connectivity index is 2.15. The second-order valence-electron chi connectivity index (χ2n) is 4.38. The summed E-state index contributed by atoms with van der Waals surface area (Å²) in [6.45, 7) is 3.73. The van der Waals surface area contributed by atoms with Crippen molar-refractivity contribution in [1.29, 1.82) is 0 Å². The van der Waals surface area contributed by atoms with E-state index in [0.717, 1.165) is 31.5 Å². The van der Waals surface area contributed by atoms with Crippen molar-refractivity contribution in [3.63, 3.8) is 0 Å². The van der Waals surface area contributed by atoms with Crippen LogP contribution in [0.1, 0.15) is 31.2 Å². The maximum Gasteiger partial charge on any atom is 0.229 e. The molecule has 86 valence electrons. The first-order chi connectivity index (χ1) is 7.70. The molecule has 2 N–H and O–H groups in total. The Morgan fingerprint density at radius 3 is 2.56 bits per heavy atom. The van der Waals surface area contributed by atoms with Crippen LogP contribution < -0.4 is 5.73 Å². The first-order valence-electron chi connectivity index (χ1n) is 5.83. The van der Waals surface area contributed by atoms with E-state index in [1.54, 1.807) is 0 Å². The quantitative estimate of drug-likeness (QED) is 0.772. The zero-order chi connectivity index (χ0) is 11.5. The average molecular weight is 218 g/mol. The Bertz CT molecular complexity index is 383. The Morgan fingerprint density at radius 1 is 1.31 bits per heavy atom. The Kier molecular flexibility index (Phi) is 3.13. The van der Waals surface area contributed by atoms with Crippen molar-refractivity contribution in [2.24, 2.45) is 0 Å². The fourth-order valence-corrected chi connectivity index (χ4v) is 2.25. The van der Waals surface area contributed by atoms with E-state index in [1.165, 1.54) is 0 Å². The number of benzene rings is 1. The van der Waals surface area contributed by atoms with Crippen molar-refractivity contribution >= 4 is 11.6 Å². The van der Waals surface area contributed by atoms with Gasteiger partial charge < -0.3 is 10.6 Å². The van der Waals surface area contributed by atoms with E-state index >= 15 is 0 Å². The zero-order valence-electron chi connectivity index (χ0n) is 9.65. The standard InChI is InChI=1S/C13H18N2O/c1-10(11-6-2-3-7-12(11)14)13(16)15-8-4-5-9-15/h2-3,6-7,10H,4-5,8-9,14H2,1H3. The number of nitrogens with two attached hydrogens (primary N) is 1. The van der Waals surface area contributed by atoms with E-state index in [2.05, 4.69) is 0 Å². The molecule has 1 unspecified atom stereocenters. The Hall–Kier alpha value is -1.51. The van der Waals surface area contributed by atoms with E-state index in [9.17, 15) is 4.79 Å². The summed E-state index contributed by atoms with van der Waals surface area (Å²) in [5.74, 6) is 0.0784. The van der Waals surface area contributed by atoms with Crippen LogP contribution in [0.3, 0.4) is 0 Å². The summed E-state index contributed by atoms with van der Waals surface area (Å²) in [6, 6.07) is 7.61. The van der Waals surface area contributed by atoms with Crippen molar-refractivity contribution < 1.29 is 4.79 Å². The molecule has 1 aromatic rings. The molecule has 0 aliphatic carbocycles. The van der Waals surface area contributed by atoms with Gasteiger partial charge in [-0.05, 0) is 31.4 Å². The highest BCUT2D eigenvalue weighted by molar-refractivity contribution is 5.85. The Labute approximate surface area is 96.2 Å². The van der Waals surface area contributed by atoms with Gasteiger partial charge in [0.2, 0.25) is 5.91 Å². The summed E-state index contributed by atoms with van der Waals surface area (Å²) in [7, 11) is 0. The smallest absolute Gasteiger partial charge is 0.229 e. The summed E-state index contributed by atoms with van der Waals surface area (Å²) >= 11 is 0. The summed E-state index contributed by atoms with van der Waals surface area (Å²) in [5.41, 5.74) is 7.54. The number of carbonyl (C=O) groups excluding carboxylic acids is 1. The molecule has 1 atom stereocenters. The van der Waals surface area contributed by atoms with Crippen molar-refractivity contribution in [2.45, 2.75) is 25.7 Å². The Morgan fingerprint density at radius 2 is 1.94 bits per heavy atom. The summed E-state index contributed by atoms with van der Waals surface area (Å²) < 4.78 is 0. The lowest BCUT2D eigenvalue weighted by molar-refractivity contribution is -0.131. The van der Waals surface area contributed by atoms with Crippen LogP contribution in [0, 0.1) is 0 Å². The minimum atomic E-state index is -0.126. The van der Waals surface area contributed by atoms with Crippen molar-refractivity contribution in [3.8, 4) is 0 Å². The SMILES string of the molecule is CC(C(=O)N1CCCC1)c1ccccc1N. The van der Waals surface area contributed by atoms with Crippen LogP contribution in [0.4, 0.5) is 5.69 Å². The molecule has 16 heavy (non-hydrogen) atoms. The number of amides is 1. The summed E-state index contributed by atoms with van der Waals surface area (Å²) in [6.07, 6.45) is 2.26. The average Bonchev–Trinajstić information content (AvgIpc) is 2.81. The molecular formula is C13H18N2O. The van der Waals surface area contributed by atoms with Crippen LogP contribution in [0.25, 0.3) is 0 Å². The number of carbonyl (C=O) groups is 1. The minimum absolute atomic E-state index is 0.126. The molecule has 3 nitrogen and oxygen atoms in total. The van der Waals surface area contributed by atoms with E-state index < -0.39 is 0 Å². The lowest BCUT2D eigenvalue weighted by Gasteiger charge is -2.21. The van der Waals surface area contributed by atoms with Gasteiger partial charge in [0.05, 0.1) is 5.92 Å². The number of para-hydroxylation sites is 1. The molecule has 1 aliphatic rings. The van der Waals surface area contributed by atoms with Crippen molar-refractivity contribution in [3.05, 3.63) is 29.8 Å². The lowest BCUT2D eigenvalue weighted by atomic mass is 9.98. The molecule has 1 amide bonds. The molecule has 0 saturated carbocycles. The van der Waals surface area contributed by atoms with E-state index in [0.29, 0.717) is 5.69 Å². The monoisotopic (exact) mass is 218 g/mol.